The van der Waals surface area contributed by atoms with Crippen molar-refractivity contribution in [3.05, 3.63) is 42.2 Å². The number of benzene rings is 1. The van der Waals surface area contributed by atoms with Crippen LogP contribution in [0.2, 0.25) is 0 Å². The monoisotopic (exact) mass is 402 g/mol. The van der Waals surface area contributed by atoms with Gasteiger partial charge in [0.1, 0.15) is 0 Å². The van der Waals surface area contributed by atoms with Gasteiger partial charge in [0.15, 0.2) is 5.13 Å². The van der Waals surface area contributed by atoms with Crippen LogP contribution < -0.4 is 15.8 Å². The van der Waals surface area contributed by atoms with Crippen LogP contribution in [-0.2, 0) is 10.0 Å². The van der Waals surface area contributed by atoms with Crippen molar-refractivity contribution in [2.75, 3.05) is 17.7 Å². The number of rotatable bonds is 6. The summed E-state index contributed by atoms with van der Waals surface area (Å²) in [6, 6.07) is 8.08. The van der Waals surface area contributed by atoms with Crippen LogP contribution in [0, 0.1) is 0 Å². The Morgan fingerprint density at radius 3 is 2.74 bits per heavy atom. The molecular formula is C17H18N6O2S2. The number of thiazole rings is 1. The van der Waals surface area contributed by atoms with E-state index in [1.54, 1.807) is 29.7 Å². The van der Waals surface area contributed by atoms with Crippen LogP contribution in [-0.4, -0.2) is 30.4 Å². The molecule has 0 bridgehead atoms. The maximum Gasteiger partial charge on any atom is 0.238 e. The number of anilines is 3. The fourth-order valence-electron chi connectivity index (χ4n) is 2.68. The minimum Gasteiger partial charge on any atom is -0.365 e. The van der Waals surface area contributed by atoms with E-state index in [1.165, 1.54) is 12.1 Å². The quantitative estimate of drug-likeness (QED) is 0.579. The molecule has 0 aliphatic heterocycles. The highest BCUT2D eigenvalue weighted by atomic mass is 32.2. The van der Waals surface area contributed by atoms with E-state index in [1.807, 2.05) is 13.1 Å². The largest absolute Gasteiger partial charge is 0.365 e. The van der Waals surface area contributed by atoms with E-state index in [-0.39, 0.29) is 4.90 Å². The maximum absolute atomic E-state index is 11.5. The first kappa shape index (κ1) is 17.8. The van der Waals surface area contributed by atoms with Gasteiger partial charge >= 0.3 is 0 Å². The normalized spacial score (nSPS) is 14.1. The van der Waals surface area contributed by atoms with Gasteiger partial charge in [-0.25, -0.2) is 28.5 Å². The summed E-state index contributed by atoms with van der Waals surface area (Å²) in [4.78, 5) is 14.5. The average molecular weight is 403 g/mol. The lowest BCUT2D eigenvalue weighted by Crippen LogP contribution is -2.12. The average Bonchev–Trinajstić information content (AvgIpc) is 3.40. The van der Waals surface area contributed by atoms with Gasteiger partial charge in [0.25, 0.3) is 0 Å². The topological polar surface area (TPSA) is 123 Å². The molecule has 10 heteroatoms. The van der Waals surface area contributed by atoms with Crippen LogP contribution in [0.15, 0.2) is 41.4 Å². The first-order valence-corrected chi connectivity index (χ1v) is 10.7. The Bertz CT molecular complexity index is 1090. The summed E-state index contributed by atoms with van der Waals surface area (Å²) in [5, 5.41) is 12.2. The molecule has 1 aromatic carbocycles. The second-order valence-corrected chi connectivity index (χ2v) is 8.78. The lowest BCUT2D eigenvalue weighted by molar-refractivity contribution is 0.598. The number of nitrogens with two attached hydrogens (primary N) is 1. The minimum atomic E-state index is -3.77. The van der Waals surface area contributed by atoms with Gasteiger partial charge < -0.3 is 10.6 Å². The first-order valence-electron chi connectivity index (χ1n) is 8.36. The molecule has 4 N–H and O–H groups in total. The van der Waals surface area contributed by atoms with Crippen molar-refractivity contribution < 1.29 is 8.42 Å². The number of hydrogen-bond acceptors (Lipinski definition) is 8. The van der Waals surface area contributed by atoms with E-state index in [9.17, 15) is 8.42 Å². The molecule has 1 fully saturated rings. The Kier molecular flexibility index (Phi) is 4.54. The third-order valence-electron chi connectivity index (χ3n) is 4.14. The molecule has 140 valence electrons. The van der Waals surface area contributed by atoms with Gasteiger partial charge in [-0.3, -0.25) is 0 Å². The first-order chi connectivity index (χ1) is 12.9. The van der Waals surface area contributed by atoms with Gasteiger partial charge in [0.2, 0.25) is 16.0 Å². The molecule has 1 saturated carbocycles. The molecule has 3 aromatic rings. The summed E-state index contributed by atoms with van der Waals surface area (Å²) in [5.41, 5.74) is 2.41. The van der Waals surface area contributed by atoms with Crippen molar-refractivity contribution in [2.24, 2.45) is 5.14 Å². The highest BCUT2D eigenvalue weighted by molar-refractivity contribution is 7.89. The predicted molar refractivity (Wildman–Crippen MR) is 106 cm³/mol. The van der Waals surface area contributed by atoms with E-state index in [2.05, 4.69) is 25.6 Å². The SMILES string of the molecule is CNc1nc(C2CC2)c(-c2ccnc(Nc3cccc(S(N)(=O)=O)c3)n2)s1. The Morgan fingerprint density at radius 1 is 1.22 bits per heavy atom. The molecule has 1 aliphatic carbocycles. The van der Waals surface area contributed by atoms with Crippen LogP contribution in [0.5, 0.6) is 0 Å². The van der Waals surface area contributed by atoms with Crippen molar-refractivity contribution >= 4 is 38.1 Å². The highest BCUT2D eigenvalue weighted by Gasteiger charge is 2.30. The molecule has 0 saturated heterocycles. The van der Waals surface area contributed by atoms with Gasteiger partial charge in [0, 0.05) is 24.8 Å². The van der Waals surface area contributed by atoms with Gasteiger partial charge in [-0.1, -0.05) is 17.4 Å². The predicted octanol–water partition coefficient (Wildman–Crippen LogP) is 2.91. The van der Waals surface area contributed by atoms with Crippen molar-refractivity contribution in [2.45, 2.75) is 23.7 Å². The van der Waals surface area contributed by atoms with Crippen molar-refractivity contribution in [3.8, 4) is 10.6 Å². The molecule has 0 amide bonds. The molecule has 2 heterocycles. The fraction of sp³-hybridized carbons (Fsp3) is 0.235. The standard InChI is InChI=1S/C17H18N6O2S2/c1-19-17-23-14(10-5-6-10)15(26-17)13-7-8-20-16(22-13)21-11-3-2-4-12(9-11)27(18,24)25/h2-4,7-10H,5-6H2,1H3,(H,19,23)(H2,18,24,25)(H,20,21,22). The molecule has 4 rings (SSSR count). The molecule has 0 radical (unpaired) electrons. The Morgan fingerprint density at radius 2 is 2.04 bits per heavy atom. The van der Waals surface area contributed by atoms with Crippen molar-refractivity contribution in [1.82, 2.24) is 15.0 Å². The summed E-state index contributed by atoms with van der Waals surface area (Å²) in [6.07, 6.45) is 3.97. The Labute approximate surface area is 160 Å². The van der Waals surface area contributed by atoms with E-state index in [0.29, 0.717) is 17.6 Å². The summed E-state index contributed by atoms with van der Waals surface area (Å²) in [5.74, 6) is 0.872. The Hall–Kier alpha value is -2.56. The van der Waals surface area contributed by atoms with Gasteiger partial charge in [-0.05, 0) is 37.1 Å². The molecule has 2 aromatic heterocycles. The van der Waals surface area contributed by atoms with Crippen LogP contribution >= 0.6 is 11.3 Å². The van der Waals surface area contributed by atoms with Crippen molar-refractivity contribution in [1.29, 1.82) is 0 Å². The molecular weight excluding hydrogens is 384 g/mol. The van der Waals surface area contributed by atoms with E-state index < -0.39 is 10.0 Å². The fourth-order valence-corrected chi connectivity index (χ4v) is 4.22. The van der Waals surface area contributed by atoms with Crippen LogP contribution in [0.1, 0.15) is 24.5 Å². The number of nitrogens with zero attached hydrogens (tertiary/aromatic N) is 3. The number of sulfonamides is 1. The van der Waals surface area contributed by atoms with Crippen LogP contribution in [0.3, 0.4) is 0 Å². The molecule has 0 unspecified atom stereocenters. The minimum absolute atomic E-state index is 0.0285. The highest BCUT2D eigenvalue weighted by Crippen LogP contribution is 2.46. The lowest BCUT2D eigenvalue weighted by Gasteiger charge is -2.07. The number of nitrogens with one attached hydrogen (secondary N) is 2. The summed E-state index contributed by atoms with van der Waals surface area (Å²) < 4.78 is 23.0. The third kappa shape index (κ3) is 3.92. The molecule has 0 spiro atoms. The zero-order valence-electron chi connectivity index (χ0n) is 14.5. The smallest absolute Gasteiger partial charge is 0.238 e. The van der Waals surface area contributed by atoms with Gasteiger partial charge in [0.05, 0.1) is 21.2 Å². The maximum atomic E-state index is 11.5. The summed E-state index contributed by atoms with van der Waals surface area (Å²) in [7, 11) is -1.92. The van der Waals surface area contributed by atoms with Crippen LogP contribution in [0.25, 0.3) is 10.6 Å². The second-order valence-electron chi connectivity index (χ2n) is 6.22. The molecule has 8 nitrogen and oxygen atoms in total. The zero-order chi connectivity index (χ0) is 19.0. The molecule has 1 aliphatic rings. The lowest BCUT2D eigenvalue weighted by atomic mass is 10.2. The molecule has 27 heavy (non-hydrogen) atoms. The summed E-state index contributed by atoms with van der Waals surface area (Å²) >= 11 is 1.57. The third-order valence-corrected chi connectivity index (χ3v) is 6.16. The van der Waals surface area contributed by atoms with Gasteiger partial charge in [-0.2, -0.15) is 0 Å². The van der Waals surface area contributed by atoms with E-state index >= 15 is 0 Å². The van der Waals surface area contributed by atoms with Crippen molar-refractivity contribution in [3.63, 3.8) is 0 Å². The number of aromatic nitrogens is 3. The molecule has 0 atom stereocenters. The summed E-state index contributed by atoms with van der Waals surface area (Å²) in [6.45, 7) is 0. The van der Waals surface area contributed by atoms with Gasteiger partial charge in [-0.15, -0.1) is 0 Å². The van der Waals surface area contributed by atoms with Crippen LogP contribution in [0.4, 0.5) is 16.8 Å². The number of primary sulfonamides is 1. The second kappa shape index (κ2) is 6.87. The Balaban J connectivity index is 1.65. The van der Waals surface area contributed by atoms with E-state index in [4.69, 9.17) is 5.14 Å². The zero-order valence-corrected chi connectivity index (χ0v) is 16.1. The number of hydrogen-bond donors (Lipinski definition) is 3. The van der Waals surface area contributed by atoms with E-state index in [0.717, 1.165) is 34.2 Å².